The first-order valence-electron chi connectivity index (χ1n) is 6.52. The molecule has 2 unspecified atom stereocenters. The van der Waals surface area contributed by atoms with Crippen LogP contribution in [0.25, 0.3) is 0 Å². The fourth-order valence-corrected chi connectivity index (χ4v) is 4.21. The minimum Gasteiger partial charge on any atom is -0.311 e. The molecule has 1 aromatic rings. The molecule has 1 aromatic heterocycles. The first kappa shape index (κ1) is 10.7. The van der Waals surface area contributed by atoms with E-state index in [1.165, 1.54) is 41.3 Å². The molecule has 1 aliphatic heterocycles. The molecule has 0 amide bonds. The van der Waals surface area contributed by atoms with Crippen molar-refractivity contribution < 1.29 is 0 Å². The van der Waals surface area contributed by atoms with Crippen LogP contribution in [-0.2, 0) is 13.0 Å². The van der Waals surface area contributed by atoms with E-state index in [1.807, 2.05) is 11.3 Å². The van der Waals surface area contributed by atoms with Gasteiger partial charge in [0.15, 0.2) is 0 Å². The maximum absolute atomic E-state index is 4.89. The molecule has 2 atom stereocenters. The van der Waals surface area contributed by atoms with E-state index in [9.17, 15) is 0 Å². The van der Waals surface area contributed by atoms with E-state index >= 15 is 0 Å². The van der Waals surface area contributed by atoms with Crippen molar-refractivity contribution in [2.75, 3.05) is 6.54 Å². The van der Waals surface area contributed by atoms with Gasteiger partial charge < -0.3 is 5.32 Å². The number of thiazole rings is 1. The Morgan fingerprint density at radius 2 is 2.31 bits per heavy atom. The Morgan fingerprint density at radius 3 is 3.12 bits per heavy atom. The number of nitrogens with zero attached hydrogens (tertiary/aromatic N) is 1. The van der Waals surface area contributed by atoms with Crippen molar-refractivity contribution in [1.29, 1.82) is 0 Å². The first-order valence-corrected chi connectivity index (χ1v) is 7.34. The average molecular weight is 236 g/mol. The number of hydrogen-bond acceptors (Lipinski definition) is 3. The molecule has 1 aliphatic carbocycles. The van der Waals surface area contributed by atoms with Gasteiger partial charge in [0, 0.05) is 30.3 Å². The fourth-order valence-electron chi connectivity index (χ4n) is 2.98. The van der Waals surface area contributed by atoms with E-state index in [-0.39, 0.29) is 0 Å². The first-order chi connectivity index (χ1) is 7.83. The Balaban J connectivity index is 1.80. The summed E-state index contributed by atoms with van der Waals surface area (Å²) in [5.41, 5.74) is 1.39. The molecule has 3 rings (SSSR count). The predicted octanol–water partition coefficient (Wildman–Crippen LogP) is 3.08. The van der Waals surface area contributed by atoms with Gasteiger partial charge in [0.2, 0.25) is 0 Å². The monoisotopic (exact) mass is 236 g/mol. The summed E-state index contributed by atoms with van der Waals surface area (Å²) in [7, 11) is 0. The van der Waals surface area contributed by atoms with Crippen molar-refractivity contribution in [2.24, 2.45) is 5.92 Å². The third-order valence-electron chi connectivity index (χ3n) is 3.90. The Bertz CT molecular complexity index is 349. The average Bonchev–Trinajstić information content (AvgIpc) is 2.72. The minimum atomic E-state index is 0.763. The summed E-state index contributed by atoms with van der Waals surface area (Å²) >= 11 is 1.97. The highest BCUT2D eigenvalue weighted by Gasteiger charge is 2.25. The van der Waals surface area contributed by atoms with Gasteiger partial charge in [-0.15, -0.1) is 11.3 Å². The lowest BCUT2D eigenvalue weighted by Crippen LogP contribution is -2.22. The van der Waals surface area contributed by atoms with Crippen molar-refractivity contribution >= 4 is 11.3 Å². The van der Waals surface area contributed by atoms with Crippen LogP contribution in [0, 0.1) is 5.92 Å². The van der Waals surface area contributed by atoms with E-state index in [0.717, 1.165) is 31.3 Å². The third-order valence-corrected chi connectivity index (χ3v) is 5.16. The van der Waals surface area contributed by atoms with Crippen molar-refractivity contribution in [2.45, 2.75) is 51.5 Å². The van der Waals surface area contributed by atoms with Crippen LogP contribution in [0.3, 0.4) is 0 Å². The number of nitrogens with one attached hydrogen (secondary N) is 1. The number of hydrogen-bond donors (Lipinski definition) is 1. The minimum absolute atomic E-state index is 0.763. The number of fused-ring (bicyclic) bond motifs is 1. The largest absolute Gasteiger partial charge is 0.311 e. The summed E-state index contributed by atoms with van der Waals surface area (Å²) in [6.45, 7) is 4.55. The molecule has 2 heterocycles. The second-order valence-corrected chi connectivity index (χ2v) is 6.43. The zero-order valence-electron chi connectivity index (χ0n) is 9.96. The van der Waals surface area contributed by atoms with E-state index in [1.54, 1.807) is 0 Å². The van der Waals surface area contributed by atoms with E-state index in [4.69, 9.17) is 4.98 Å². The second-order valence-electron chi connectivity index (χ2n) is 5.32. The quantitative estimate of drug-likeness (QED) is 0.810. The van der Waals surface area contributed by atoms with Gasteiger partial charge in [0.1, 0.15) is 0 Å². The van der Waals surface area contributed by atoms with Crippen LogP contribution >= 0.6 is 11.3 Å². The van der Waals surface area contributed by atoms with Gasteiger partial charge in [-0.2, -0.15) is 0 Å². The van der Waals surface area contributed by atoms with Gasteiger partial charge in [-0.1, -0.05) is 19.8 Å². The smallest absolute Gasteiger partial charge is 0.0962 e. The number of aromatic nitrogens is 1. The van der Waals surface area contributed by atoms with Crippen LogP contribution in [-0.4, -0.2) is 11.5 Å². The SMILES string of the molecule is CC1CCCC(c2nc3c(s2)CNCC3)C1. The lowest BCUT2D eigenvalue weighted by Gasteiger charge is -2.24. The molecule has 0 saturated heterocycles. The Kier molecular flexibility index (Phi) is 2.99. The van der Waals surface area contributed by atoms with E-state index < -0.39 is 0 Å². The Hall–Kier alpha value is -0.410. The molecule has 1 N–H and O–H groups in total. The molecule has 2 aliphatic rings. The highest BCUT2D eigenvalue weighted by molar-refractivity contribution is 7.11. The standard InChI is InChI=1S/C13H20N2S/c1-9-3-2-4-10(7-9)13-15-11-5-6-14-8-12(11)16-13/h9-10,14H,2-8H2,1H3. The maximum Gasteiger partial charge on any atom is 0.0962 e. The van der Waals surface area contributed by atoms with E-state index in [2.05, 4.69) is 12.2 Å². The van der Waals surface area contributed by atoms with Crippen LogP contribution in [0.2, 0.25) is 0 Å². The van der Waals surface area contributed by atoms with Crippen molar-refractivity contribution in [3.63, 3.8) is 0 Å². The van der Waals surface area contributed by atoms with Gasteiger partial charge >= 0.3 is 0 Å². The van der Waals surface area contributed by atoms with Crippen LogP contribution in [0.4, 0.5) is 0 Å². The highest BCUT2D eigenvalue weighted by atomic mass is 32.1. The molecule has 1 saturated carbocycles. The molecule has 0 spiro atoms. The van der Waals surface area contributed by atoms with Crippen molar-refractivity contribution in [3.05, 3.63) is 15.6 Å². The molecule has 88 valence electrons. The number of rotatable bonds is 1. The topological polar surface area (TPSA) is 24.9 Å². The molecule has 0 radical (unpaired) electrons. The zero-order valence-corrected chi connectivity index (χ0v) is 10.8. The van der Waals surface area contributed by atoms with Crippen LogP contribution in [0.15, 0.2) is 0 Å². The van der Waals surface area contributed by atoms with E-state index in [0.29, 0.717) is 0 Å². The highest BCUT2D eigenvalue weighted by Crippen LogP contribution is 2.38. The molecule has 2 nitrogen and oxygen atoms in total. The fraction of sp³-hybridized carbons (Fsp3) is 0.769. The molecule has 0 aromatic carbocycles. The normalized spacial score (nSPS) is 30.1. The Labute approximate surface area is 101 Å². The van der Waals surface area contributed by atoms with Crippen molar-refractivity contribution in [3.8, 4) is 0 Å². The molecule has 16 heavy (non-hydrogen) atoms. The van der Waals surface area contributed by atoms with Gasteiger partial charge in [-0.05, 0) is 18.8 Å². The predicted molar refractivity (Wildman–Crippen MR) is 67.9 cm³/mol. The summed E-state index contributed by atoms with van der Waals surface area (Å²) < 4.78 is 0. The molecular formula is C13H20N2S. The van der Waals surface area contributed by atoms with Crippen LogP contribution < -0.4 is 5.32 Å². The lowest BCUT2D eigenvalue weighted by atomic mass is 9.83. The van der Waals surface area contributed by atoms with Crippen LogP contribution in [0.5, 0.6) is 0 Å². The third kappa shape index (κ3) is 2.03. The summed E-state index contributed by atoms with van der Waals surface area (Å²) in [5.74, 6) is 1.66. The zero-order chi connectivity index (χ0) is 11.0. The van der Waals surface area contributed by atoms with Crippen molar-refractivity contribution in [1.82, 2.24) is 10.3 Å². The molecular weight excluding hydrogens is 216 g/mol. The summed E-state index contributed by atoms with van der Waals surface area (Å²) in [6.07, 6.45) is 6.68. The van der Waals surface area contributed by atoms with Gasteiger partial charge in [-0.25, -0.2) is 4.98 Å². The lowest BCUT2D eigenvalue weighted by molar-refractivity contribution is 0.343. The second kappa shape index (κ2) is 4.46. The van der Waals surface area contributed by atoms with Gasteiger partial charge in [0.25, 0.3) is 0 Å². The summed E-state index contributed by atoms with van der Waals surface area (Å²) in [4.78, 5) is 6.39. The molecule has 0 bridgehead atoms. The molecule has 3 heteroatoms. The maximum atomic E-state index is 4.89. The van der Waals surface area contributed by atoms with Gasteiger partial charge in [0.05, 0.1) is 10.7 Å². The summed E-state index contributed by atoms with van der Waals surface area (Å²) in [6, 6.07) is 0. The summed E-state index contributed by atoms with van der Waals surface area (Å²) in [5, 5.41) is 4.87. The molecule has 1 fully saturated rings. The van der Waals surface area contributed by atoms with Gasteiger partial charge in [-0.3, -0.25) is 0 Å². The Morgan fingerprint density at radius 1 is 1.38 bits per heavy atom. The van der Waals surface area contributed by atoms with Crippen LogP contribution in [0.1, 0.15) is 54.1 Å².